The minimum absolute atomic E-state index is 0.267. The van der Waals surface area contributed by atoms with Crippen molar-refractivity contribution in [3.63, 3.8) is 0 Å². The maximum atomic E-state index is 8.72. The molecule has 0 radical (unpaired) electrons. The first-order chi connectivity index (χ1) is 8.19. The summed E-state index contributed by atoms with van der Waals surface area (Å²) in [5.74, 6) is 0.928. The third-order valence-electron chi connectivity index (χ3n) is 2.89. The number of hydrogen-bond donors (Lipinski definition) is 2. The second kappa shape index (κ2) is 7.30. The fraction of sp³-hybridized carbons (Fsp3) is 0.571. The van der Waals surface area contributed by atoms with E-state index in [1.165, 1.54) is 11.1 Å². The van der Waals surface area contributed by atoms with Gasteiger partial charge in [-0.15, -0.1) is 0 Å². The highest BCUT2D eigenvalue weighted by molar-refractivity contribution is 5.38. The van der Waals surface area contributed by atoms with E-state index in [0.717, 1.165) is 25.1 Å². The van der Waals surface area contributed by atoms with Gasteiger partial charge in [-0.1, -0.05) is 17.7 Å². The van der Waals surface area contributed by atoms with Gasteiger partial charge in [-0.05, 0) is 39.3 Å². The number of hydrogen-bond acceptors (Lipinski definition) is 3. The number of aliphatic hydroxyl groups excluding tert-OH is 1. The number of unbranched alkanes of at least 4 members (excludes halogenated alkanes) is 1. The molecule has 1 aromatic carbocycles. The summed E-state index contributed by atoms with van der Waals surface area (Å²) in [4.78, 5) is 0. The molecule has 0 saturated carbocycles. The van der Waals surface area contributed by atoms with Crippen molar-refractivity contribution in [1.82, 2.24) is 5.32 Å². The van der Waals surface area contributed by atoms with Crippen molar-refractivity contribution >= 4 is 0 Å². The standard InChI is InChI=1S/C14H23NO2/c1-11-6-7-14(17-3)13(10-11)12(2)15-8-4-5-9-16/h6-7,10,12,15-16H,4-5,8-9H2,1-3H3. The molecule has 3 nitrogen and oxygen atoms in total. The van der Waals surface area contributed by atoms with Gasteiger partial charge in [0.1, 0.15) is 5.75 Å². The lowest BCUT2D eigenvalue weighted by atomic mass is 10.0. The normalized spacial score (nSPS) is 12.5. The number of ether oxygens (including phenoxy) is 1. The molecule has 0 fully saturated rings. The zero-order valence-corrected chi connectivity index (χ0v) is 11.0. The van der Waals surface area contributed by atoms with Gasteiger partial charge in [0.05, 0.1) is 7.11 Å². The first-order valence-corrected chi connectivity index (χ1v) is 6.17. The Bertz CT molecular complexity index is 339. The topological polar surface area (TPSA) is 41.5 Å². The lowest BCUT2D eigenvalue weighted by Gasteiger charge is -2.17. The Morgan fingerprint density at radius 2 is 2.12 bits per heavy atom. The van der Waals surface area contributed by atoms with Crippen molar-refractivity contribution in [2.75, 3.05) is 20.3 Å². The lowest BCUT2D eigenvalue weighted by molar-refractivity contribution is 0.282. The van der Waals surface area contributed by atoms with Gasteiger partial charge in [0.15, 0.2) is 0 Å². The first-order valence-electron chi connectivity index (χ1n) is 6.17. The van der Waals surface area contributed by atoms with Gasteiger partial charge in [-0.2, -0.15) is 0 Å². The van der Waals surface area contributed by atoms with Crippen LogP contribution in [0.2, 0.25) is 0 Å². The predicted molar refractivity (Wildman–Crippen MR) is 70.5 cm³/mol. The molecule has 0 bridgehead atoms. The third-order valence-corrected chi connectivity index (χ3v) is 2.89. The van der Waals surface area contributed by atoms with Crippen LogP contribution in [0, 0.1) is 6.92 Å². The Balaban J connectivity index is 2.60. The number of rotatable bonds is 7. The summed E-state index contributed by atoms with van der Waals surface area (Å²) in [5.41, 5.74) is 2.43. The van der Waals surface area contributed by atoms with Crippen LogP contribution < -0.4 is 10.1 Å². The monoisotopic (exact) mass is 237 g/mol. The zero-order valence-electron chi connectivity index (χ0n) is 11.0. The minimum atomic E-state index is 0.267. The van der Waals surface area contributed by atoms with E-state index in [1.807, 2.05) is 6.07 Å². The van der Waals surface area contributed by atoms with Gasteiger partial charge in [-0.3, -0.25) is 0 Å². The van der Waals surface area contributed by atoms with Gasteiger partial charge in [0.25, 0.3) is 0 Å². The smallest absolute Gasteiger partial charge is 0.123 e. The quantitative estimate of drug-likeness (QED) is 0.716. The molecule has 0 heterocycles. The fourth-order valence-corrected chi connectivity index (χ4v) is 1.86. The van der Waals surface area contributed by atoms with E-state index in [1.54, 1.807) is 7.11 Å². The van der Waals surface area contributed by atoms with Crippen LogP contribution in [0.1, 0.15) is 36.9 Å². The number of aryl methyl sites for hydroxylation is 1. The molecule has 17 heavy (non-hydrogen) atoms. The molecule has 0 spiro atoms. The molecule has 2 N–H and O–H groups in total. The fourth-order valence-electron chi connectivity index (χ4n) is 1.86. The Morgan fingerprint density at radius 1 is 1.35 bits per heavy atom. The predicted octanol–water partition coefficient (Wildman–Crippen LogP) is 2.43. The second-order valence-electron chi connectivity index (χ2n) is 4.35. The highest BCUT2D eigenvalue weighted by Gasteiger charge is 2.10. The summed E-state index contributed by atoms with van der Waals surface area (Å²) in [6.45, 7) is 5.40. The van der Waals surface area contributed by atoms with E-state index < -0.39 is 0 Å². The molecule has 0 aliphatic heterocycles. The van der Waals surface area contributed by atoms with Crippen LogP contribution in [-0.2, 0) is 0 Å². The van der Waals surface area contributed by atoms with E-state index in [-0.39, 0.29) is 12.6 Å². The van der Waals surface area contributed by atoms with Crippen LogP contribution in [0.4, 0.5) is 0 Å². The summed E-state index contributed by atoms with van der Waals surface area (Å²) in [6.07, 6.45) is 1.85. The molecule has 1 atom stereocenters. The van der Waals surface area contributed by atoms with Crippen LogP contribution >= 0.6 is 0 Å². The van der Waals surface area contributed by atoms with Crippen LogP contribution in [0.3, 0.4) is 0 Å². The third kappa shape index (κ3) is 4.36. The molecule has 0 amide bonds. The highest BCUT2D eigenvalue weighted by Crippen LogP contribution is 2.25. The molecule has 1 aromatic rings. The van der Waals surface area contributed by atoms with E-state index >= 15 is 0 Å². The van der Waals surface area contributed by atoms with Crippen molar-refractivity contribution in [2.45, 2.75) is 32.7 Å². The van der Waals surface area contributed by atoms with Gasteiger partial charge in [0, 0.05) is 18.2 Å². The van der Waals surface area contributed by atoms with Crippen LogP contribution in [0.25, 0.3) is 0 Å². The first kappa shape index (κ1) is 14.0. The SMILES string of the molecule is COc1ccc(C)cc1C(C)NCCCCO. The minimum Gasteiger partial charge on any atom is -0.496 e. The van der Waals surface area contributed by atoms with Gasteiger partial charge in [-0.25, -0.2) is 0 Å². The van der Waals surface area contributed by atoms with Gasteiger partial charge >= 0.3 is 0 Å². The zero-order chi connectivity index (χ0) is 12.7. The van der Waals surface area contributed by atoms with Crippen molar-refractivity contribution < 1.29 is 9.84 Å². The number of benzene rings is 1. The largest absolute Gasteiger partial charge is 0.496 e. The van der Waals surface area contributed by atoms with Crippen molar-refractivity contribution in [3.05, 3.63) is 29.3 Å². The lowest BCUT2D eigenvalue weighted by Crippen LogP contribution is -2.20. The van der Waals surface area contributed by atoms with Crippen molar-refractivity contribution in [2.24, 2.45) is 0 Å². The average molecular weight is 237 g/mol. The number of nitrogens with one attached hydrogen (secondary N) is 1. The number of methoxy groups -OCH3 is 1. The second-order valence-corrected chi connectivity index (χ2v) is 4.35. The molecule has 1 rings (SSSR count). The van der Waals surface area contributed by atoms with E-state index in [2.05, 4.69) is 31.3 Å². The summed E-state index contributed by atoms with van der Waals surface area (Å²) in [5, 5.41) is 12.2. The Labute approximate surface area is 104 Å². The molecular formula is C14H23NO2. The average Bonchev–Trinajstić information content (AvgIpc) is 2.34. The maximum Gasteiger partial charge on any atom is 0.123 e. The highest BCUT2D eigenvalue weighted by atomic mass is 16.5. The molecule has 0 saturated heterocycles. The molecule has 96 valence electrons. The molecule has 0 aromatic heterocycles. The van der Waals surface area contributed by atoms with Crippen LogP contribution in [0.15, 0.2) is 18.2 Å². The van der Waals surface area contributed by atoms with E-state index in [0.29, 0.717) is 0 Å². The van der Waals surface area contributed by atoms with Crippen LogP contribution in [-0.4, -0.2) is 25.4 Å². The van der Waals surface area contributed by atoms with Crippen molar-refractivity contribution in [1.29, 1.82) is 0 Å². The van der Waals surface area contributed by atoms with E-state index in [4.69, 9.17) is 9.84 Å². The van der Waals surface area contributed by atoms with Gasteiger partial charge < -0.3 is 15.2 Å². The van der Waals surface area contributed by atoms with E-state index in [9.17, 15) is 0 Å². The molecule has 0 aliphatic rings. The maximum absolute atomic E-state index is 8.72. The van der Waals surface area contributed by atoms with Crippen molar-refractivity contribution in [3.8, 4) is 5.75 Å². The molecule has 0 aliphatic carbocycles. The number of aliphatic hydroxyl groups is 1. The molecular weight excluding hydrogens is 214 g/mol. The Morgan fingerprint density at radius 3 is 2.76 bits per heavy atom. The Kier molecular flexibility index (Phi) is 6.01. The summed E-state index contributed by atoms with van der Waals surface area (Å²) >= 11 is 0. The summed E-state index contributed by atoms with van der Waals surface area (Å²) < 4.78 is 5.37. The van der Waals surface area contributed by atoms with Gasteiger partial charge in [0.2, 0.25) is 0 Å². The summed E-state index contributed by atoms with van der Waals surface area (Å²) in [7, 11) is 1.70. The molecule has 1 unspecified atom stereocenters. The molecule has 3 heteroatoms. The summed E-state index contributed by atoms with van der Waals surface area (Å²) in [6, 6.07) is 6.49. The van der Waals surface area contributed by atoms with Crippen LogP contribution in [0.5, 0.6) is 5.75 Å². The Hall–Kier alpha value is -1.06.